The van der Waals surface area contributed by atoms with Crippen LogP contribution < -0.4 is 4.90 Å². The first kappa shape index (κ1) is 11.9. The average Bonchev–Trinajstić information content (AvgIpc) is 2.40. The molecule has 0 saturated carbocycles. The molecule has 0 N–H and O–H groups in total. The standard InChI is InChI=1S/C14H19N3/c1-3-14(2)7-9-17(10-8-14)13-6-4-5-12(11-15)16-13/h4-6H,3,7-10H2,1-2H3. The van der Waals surface area contributed by atoms with Crippen LogP contribution in [0.25, 0.3) is 0 Å². The third-order valence-electron chi connectivity index (χ3n) is 4.00. The van der Waals surface area contributed by atoms with Crippen LogP contribution in [0.4, 0.5) is 5.82 Å². The van der Waals surface area contributed by atoms with Gasteiger partial charge in [-0.1, -0.05) is 26.3 Å². The second-order valence-electron chi connectivity index (χ2n) is 5.14. The molecule has 0 aliphatic carbocycles. The van der Waals surface area contributed by atoms with Crippen LogP contribution in [-0.4, -0.2) is 18.1 Å². The Balaban J connectivity index is 2.08. The second kappa shape index (κ2) is 4.75. The predicted octanol–water partition coefficient (Wildman–Crippen LogP) is 2.97. The van der Waals surface area contributed by atoms with E-state index in [-0.39, 0.29) is 0 Å². The van der Waals surface area contributed by atoms with E-state index in [1.807, 2.05) is 12.1 Å². The van der Waals surface area contributed by atoms with Gasteiger partial charge in [0.15, 0.2) is 0 Å². The Morgan fingerprint density at radius 2 is 2.12 bits per heavy atom. The highest BCUT2D eigenvalue weighted by Crippen LogP contribution is 2.35. The van der Waals surface area contributed by atoms with Gasteiger partial charge in [0.2, 0.25) is 0 Å². The highest BCUT2D eigenvalue weighted by molar-refractivity contribution is 5.42. The van der Waals surface area contributed by atoms with Gasteiger partial charge >= 0.3 is 0 Å². The van der Waals surface area contributed by atoms with Crippen molar-refractivity contribution in [3.63, 3.8) is 0 Å². The first-order chi connectivity index (χ1) is 8.17. The molecule has 1 aliphatic heterocycles. The lowest BCUT2D eigenvalue weighted by molar-refractivity contribution is 0.238. The zero-order chi connectivity index (χ0) is 12.3. The van der Waals surface area contributed by atoms with E-state index in [2.05, 4.69) is 29.8 Å². The van der Waals surface area contributed by atoms with Crippen LogP contribution in [0.5, 0.6) is 0 Å². The number of hydrogen-bond donors (Lipinski definition) is 0. The van der Waals surface area contributed by atoms with Crippen molar-refractivity contribution in [2.45, 2.75) is 33.1 Å². The van der Waals surface area contributed by atoms with Gasteiger partial charge in [-0.3, -0.25) is 0 Å². The molecule has 0 unspecified atom stereocenters. The molecular formula is C14H19N3. The lowest BCUT2D eigenvalue weighted by Gasteiger charge is -2.39. The number of nitriles is 1. The summed E-state index contributed by atoms with van der Waals surface area (Å²) in [7, 11) is 0. The third-order valence-corrected chi connectivity index (χ3v) is 4.00. The Morgan fingerprint density at radius 3 is 2.71 bits per heavy atom. The molecule has 0 radical (unpaired) electrons. The summed E-state index contributed by atoms with van der Waals surface area (Å²) in [6, 6.07) is 7.76. The molecular weight excluding hydrogens is 210 g/mol. The van der Waals surface area contributed by atoms with E-state index in [9.17, 15) is 0 Å². The summed E-state index contributed by atoms with van der Waals surface area (Å²) in [5.41, 5.74) is 0.995. The van der Waals surface area contributed by atoms with Crippen molar-refractivity contribution in [3.05, 3.63) is 23.9 Å². The number of nitrogens with zero attached hydrogens (tertiary/aromatic N) is 3. The minimum absolute atomic E-state index is 0.489. The van der Waals surface area contributed by atoms with Crippen molar-refractivity contribution in [2.24, 2.45) is 5.41 Å². The van der Waals surface area contributed by atoms with Crippen LogP contribution in [-0.2, 0) is 0 Å². The molecule has 0 aromatic carbocycles. The minimum Gasteiger partial charge on any atom is -0.357 e. The van der Waals surface area contributed by atoms with Crippen LogP contribution in [0.2, 0.25) is 0 Å². The molecule has 2 heterocycles. The van der Waals surface area contributed by atoms with E-state index in [0.29, 0.717) is 11.1 Å². The molecule has 0 bridgehead atoms. The number of anilines is 1. The molecule has 1 saturated heterocycles. The summed E-state index contributed by atoms with van der Waals surface area (Å²) in [6.45, 7) is 6.73. The summed E-state index contributed by atoms with van der Waals surface area (Å²) in [5.74, 6) is 0.946. The van der Waals surface area contributed by atoms with Gasteiger partial charge in [0.05, 0.1) is 0 Å². The first-order valence-corrected chi connectivity index (χ1v) is 6.29. The Labute approximate surface area is 103 Å². The molecule has 1 aliphatic rings. The highest BCUT2D eigenvalue weighted by atomic mass is 15.2. The van der Waals surface area contributed by atoms with E-state index in [4.69, 9.17) is 5.26 Å². The molecule has 1 fully saturated rings. The number of rotatable bonds is 2. The zero-order valence-corrected chi connectivity index (χ0v) is 10.6. The van der Waals surface area contributed by atoms with Crippen molar-refractivity contribution in [3.8, 4) is 6.07 Å². The number of piperidine rings is 1. The molecule has 1 aromatic heterocycles. The lowest BCUT2D eigenvalue weighted by Crippen LogP contribution is -2.38. The Kier molecular flexibility index (Phi) is 3.33. The van der Waals surface area contributed by atoms with Crippen molar-refractivity contribution >= 4 is 5.82 Å². The van der Waals surface area contributed by atoms with Crippen LogP contribution in [0.1, 0.15) is 38.8 Å². The van der Waals surface area contributed by atoms with Crippen molar-refractivity contribution < 1.29 is 0 Å². The quantitative estimate of drug-likeness (QED) is 0.782. The molecule has 1 aromatic rings. The summed E-state index contributed by atoms with van der Waals surface area (Å²) < 4.78 is 0. The fourth-order valence-electron chi connectivity index (χ4n) is 2.29. The average molecular weight is 229 g/mol. The molecule has 17 heavy (non-hydrogen) atoms. The molecule has 0 atom stereocenters. The largest absolute Gasteiger partial charge is 0.357 e. The van der Waals surface area contributed by atoms with Crippen LogP contribution in [0, 0.1) is 16.7 Å². The van der Waals surface area contributed by atoms with Gasteiger partial charge < -0.3 is 4.90 Å². The number of pyridine rings is 1. The summed E-state index contributed by atoms with van der Waals surface area (Å²) in [5, 5.41) is 8.85. The number of hydrogen-bond acceptors (Lipinski definition) is 3. The minimum atomic E-state index is 0.489. The third kappa shape index (κ3) is 2.58. The van der Waals surface area contributed by atoms with E-state index in [1.165, 1.54) is 19.3 Å². The molecule has 3 heteroatoms. The van der Waals surface area contributed by atoms with Gasteiger partial charge in [0.25, 0.3) is 0 Å². The summed E-state index contributed by atoms with van der Waals surface area (Å²) in [6.07, 6.45) is 3.66. The van der Waals surface area contributed by atoms with Crippen LogP contribution >= 0.6 is 0 Å². The van der Waals surface area contributed by atoms with Gasteiger partial charge in [0.1, 0.15) is 17.6 Å². The summed E-state index contributed by atoms with van der Waals surface area (Å²) in [4.78, 5) is 6.64. The Hall–Kier alpha value is -1.56. The van der Waals surface area contributed by atoms with Gasteiger partial charge in [-0.05, 0) is 30.4 Å². The predicted molar refractivity (Wildman–Crippen MR) is 68.8 cm³/mol. The van der Waals surface area contributed by atoms with Crippen LogP contribution in [0.3, 0.4) is 0 Å². The van der Waals surface area contributed by atoms with Crippen molar-refractivity contribution in [1.29, 1.82) is 5.26 Å². The number of aromatic nitrogens is 1. The second-order valence-corrected chi connectivity index (χ2v) is 5.14. The van der Waals surface area contributed by atoms with Crippen molar-refractivity contribution in [2.75, 3.05) is 18.0 Å². The van der Waals surface area contributed by atoms with E-state index >= 15 is 0 Å². The molecule has 0 amide bonds. The van der Waals surface area contributed by atoms with Crippen molar-refractivity contribution in [1.82, 2.24) is 4.98 Å². The zero-order valence-electron chi connectivity index (χ0n) is 10.6. The van der Waals surface area contributed by atoms with Gasteiger partial charge in [-0.15, -0.1) is 0 Å². The molecule has 0 spiro atoms. The molecule has 3 nitrogen and oxygen atoms in total. The SMILES string of the molecule is CCC1(C)CCN(c2cccc(C#N)n2)CC1. The Bertz CT molecular complexity index is 425. The van der Waals surface area contributed by atoms with E-state index in [1.54, 1.807) is 6.07 Å². The van der Waals surface area contributed by atoms with Gasteiger partial charge in [-0.2, -0.15) is 5.26 Å². The van der Waals surface area contributed by atoms with E-state index < -0.39 is 0 Å². The van der Waals surface area contributed by atoms with E-state index in [0.717, 1.165) is 18.9 Å². The summed E-state index contributed by atoms with van der Waals surface area (Å²) >= 11 is 0. The lowest BCUT2D eigenvalue weighted by atomic mass is 9.78. The highest BCUT2D eigenvalue weighted by Gasteiger charge is 2.28. The maximum absolute atomic E-state index is 8.85. The van der Waals surface area contributed by atoms with Gasteiger partial charge in [-0.25, -0.2) is 4.98 Å². The van der Waals surface area contributed by atoms with Gasteiger partial charge in [0, 0.05) is 13.1 Å². The van der Waals surface area contributed by atoms with Crippen LogP contribution in [0.15, 0.2) is 18.2 Å². The topological polar surface area (TPSA) is 39.9 Å². The Morgan fingerprint density at radius 1 is 1.41 bits per heavy atom. The smallest absolute Gasteiger partial charge is 0.142 e. The fraction of sp³-hybridized carbons (Fsp3) is 0.571. The molecule has 2 rings (SSSR count). The maximum Gasteiger partial charge on any atom is 0.142 e. The normalized spacial score (nSPS) is 18.8. The fourth-order valence-corrected chi connectivity index (χ4v) is 2.29. The molecule has 90 valence electrons. The first-order valence-electron chi connectivity index (χ1n) is 6.29. The monoisotopic (exact) mass is 229 g/mol. The maximum atomic E-state index is 8.85.